The number of hydrogen-bond donors (Lipinski definition) is 0. The molecule has 0 saturated carbocycles. The summed E-state index contributed by atoms with van der Waals surface area (Å²) in [4.78, 5) is 25.0. The van der Waals surface area contributed by atoms with Crippen LogP contribution in [0.3, 0.4) is 0 Å². The number of esters is 1. The van der Waals surface area contributed by atoms with Crippen molar-refractivity contribution in [1.29, 1.82) is 0 Å². The van der Waals surface area contributed by atoms with Gasteiger partial charge >= 0.3 is 5.97 Å². The van der Waals surface area contributed by atoms with Crippen LogP contribution in [0.25, 0.3) is 6.08 Å². The second-order valence-electron chi connectivity index (χ2n) is 6.46. The van der Waals surface area contributed by atoms with E-state index in [4.69, 9.17) is 18.9 Å². The van der Waals surface area contributed by atoms with Gasteiger partial charge in [-0.2, -0.15) is 0 Å². The largest absolute Gasteiger partial charge is 0.497 e. The SMILES string of the molecule is COc1ccc(C(=O)Oc2ccc3c(c2)O/C(=C\c2ccccc2OC)C3=O)cc1. The smallest absolute Gasteiger partial charge is 0.343 e. The van der Waals surface area contributed by atoms with Gasteiger partial charge in [-0.15, -0.1) is 0 Å². The Kier molecular flexibility index (Phi) is 5.22. The van der Waals surface area contributed by atoms with Crippen LogP contribution >= 0.6 is 0 Å². The molecule has 0 N–H and O–H groups in total. The topological polar surface area (TPSA) is 71.1 Å². The molecule has 30 heavy (non-hydrogen) atoms. The fourth-order valence-corrected chi connectivity index (χ4v) is 3.05. The van der Waals surface area contributed by atoms with Gasteiger partial charge in [-0.3, -0.25) is 4.79 Å². The van der Waals surface area contributed by atoms with E-state index >= 15 is 0 Å². The van der Waals surface area contributed by atoms with Crippen LogP contribution in [-0.2, 0) is 0 Å². The van der Waals surface area contributed by atoms with Crippen LogP contribution in [0.4, 0.5) is 0 Å². The molecule has 6 heteroatoms. The molecule has 0 aliphatic carbocycles. The fourth-order valence-electron chi connectivity index (χ4n) is 3.05. The normalized spacial score (nSPS) is 13.5. The summed E-state index contributed by atoms with van der Waals surface area (Å²) in [5.74, 6) is 1.29. The van der Waals surface area contributed by atoms with Gasteiger partial charge in [0, 0.05) is 11.6 Å². The number of rotatable bonds is 5. The summed E-state index contributed by atoms with van der Waals surface area (Å²) in [6.07, 6.45) is 1.63. The summed E-state index contributed by atoms with van der Waals surface area (Å²) < 4.78 is 21.5. The Morgan fingerprint density at radius 3 is 2.37 bits per heavy atom. The highest BCUT2D eigenvalue weighted by atomic mass is 16.5. The minimum atomic E-state index is -0.522. The Morgan fingerprint density at radius 2 is 1.63 bits per heavy atom. The molecule has 3 aromatic carbocycles. The van der Waals surface area contributed by atoms with Crippen LogP contribution in [-0.4, -0.2) is 26.0 Å². The molecule has 150 valence electrons. The lowest BCUT2D eigenvalue weighted by molar-refractivity contribution is 0.0734. The predicted molar refractivity (Wildman–Crippen MR) is 110 cm³/mol. The number of allylic oxidation sites excluding steroid dienone is 1. The van der Waals surface area contributed by atoms with Gasteiger partial charge in [-0.1, -0.05) is 18.2 Å². The van der Waals surface area contributed by atoms with Crippen LogP contribution in [0.1, 0.15) is 26.3 Å². The summed E-state index contributed by atoms with van der Waals surface area (Å²) in [6, 6.07) is 18.6. The lowest BCUT2D eigenvalue weighted by Crippen LogP contribution is -2.08. The average molecular weight is 402 g/mol. The summed E-state index contributed by atoms with van der Waals surface area (Å²) in [6.45, 7) is 0. The first-order valence-electron chi connectivity index (χ1n) is 9.16. The van der Waals surface area contributed by atoms with Gasteiger partial charge in [0.1, 0.15) is 23.0 Å². The molecule has 0 spiro atoms. The van der Waals surface area contributed by atoms with E-state index in [0.717, 1.165) is 5.56 Å². The number of Topliss-reactive ketones (excluding diaryl/α,β-unsaturated/α-hetero) is 1. The van der Waals surface area contributed by atoms with Gasteiger partial charge in [0.15, 0.2) is 5.76 Å². The van der Waals surface area contributed by atoms with E-state index < -0.39 is 5.97 Å². The van der Waals surface area contributed by atoms with E-state index in [1.165, 1.54) is 6.07 Å². The number of ketones is 1. The van der Waals surface area contributed by atoms with Crippen molar-refractivity contribution < 1.29 is 28.5 Å². The van der Waals surface area contributed by atoms with Crippen molar-refractivity contribution in [1.82, 2.24) is 0 Å². The number of methoxy groups -OCH3 is 2. The zero-order valence-corrected chi connectivity index (χ0v) is 16.4. The molecule has 1 aliphatic heterocycles. The van der Waals surface area contributed by atoms with Crippen LogP contribution in [0.15, 0.2) is 72.5 Å². The lowest BCUT2D eigenvalue weighted by atomic mass is 10.1. The van der Waals surface area contributed by atoms with E-state index in [9.17, 15) is 9.59 Å². The lowest BCUT2D eigenvalue weighted by Gasteiger charge is -2.06. The first-order chi connectivity index (χ1) is 14.6. The third-order valence-corrected chi connectivity index (χ3v) is 4.60. The molecule has 3 aromatic rings. The van der Waals surface area contributed by atoms with Crippen molar-refractivity contribution in [2.45, 2.75) is 0 Å². The van der Waals surface area contributed by atoms with Gasteiger partial charge in [0.25, 0.3) is 0 Å². The number of benzene rings is 3. The van der Waals surface area contributed by atoms with Crippen molar-refractivity contribution in [3.8, 4) is 23.0 Å². The molecular formula is C24H18O6. The molecule has 4 rings (SSSR count). The van der Waals surface area contributed by atoms with Crippen LogP contribution in [0.2, 0.25) is 0 Å². The van der Waals surface area contributed by atoms with E-state index in [2.05, 4.69) is 0 Å². The molecule has 0 radical (unpaired) electrons. The molecule has 0 aromatic heterocycles. The quantitative estimate of drug-likeness (QED) is 0.355. The van der Waals surface area contributed by atoms with Crippen molar-refractivity contribution in [3.63, 3.8) is 0 Å². The number of fused-ring (bicyclic) bond motifs is 1. The molecule has 0 bridgehead atoms. The fraction of sp³-hybridized carbons (Fsp3) is 0.0833. The van der Waals surface area contributed by atoms with Crippen LogP contribution in [0.5, 0.6) is 23.0 Å². The number of carbonyl (C=O) groups is 2. The summed E-state index contributed by atoms with van der Waals surface area (Å²) in [5, 5.41) is 0. The second-order valence-corrected chi connectivity index (χ2v) is 6.46. The maximum Gasteiger partial charge on any atom is 0.343 e. The molecule has 0 fully saturated rings. The zero-order valence-electron chi connectivity index (χ0n) is 16.4. The van der Waals surface area contributed by atoms with Gasteiger partial charge in [-0.25, -0.2) is 4.79 Å². The minimum Gasteiger partial charge on any atom is -0.497 e. The van der Waals surface area contributed by atoms with E-state index in [0.29, 0.717) is 28.4 Å². The Balaban J connectivity index is 1.54. The molecule has 0 saturated heterocycles. The molecule has 0 atom stereocenters. The Bertz CT molecular complexity index is 1140. The average Bonchev–Trinajstić information content (AvgIpc) is 3.08. The van der Waals surface area contributed by atoms with Crippen molar-refractivity contribution in [3.05, 3.63) is 89.2 Å². The summed E-state index contributed by atoms with van der Waals surface area (Å²) in [7, 11) is 3.11. The standard InChI is InChI=1S/C24H18O6/c1-27-17-9-7-15(8-10-17)24(26)29-18-11-12-19-21(14-18)30-22(23(19)25)13-16-5-3-4-6-20(16)28-2/h3-14H,1-2H3/b22-13-. The highest BCUT2D eigenvalue weighted by molar-refractivity contribution is 6.14. The molecule has 1 aliphatic rings. The third-order valence-electron chi connectivity index (χ3n) is 4.60. The van der Waals surface area contributed by atoms with Crippen molar-refractivity contribution in [2.75, 3.05) is 14.2 Å². The van der Waals surface area contributed by atoms with E-state index in [1.54, 1.807) is 62.8 Å². The number of para-hydroxylation sites is 1. The van der Waals surface area contributed by atoms with E-state index in [-0.39, 0.29) is 17.3 Å². The van der Waals surface area contributed by atoms with Crippen molar-refractivity contribution >= 4 is 17.8 Å². The van der Waals surface area contributed by atoms with Crippen molar-refractivity contribution in [2.24, 2.45) is 0 Å². The highest BCUT2D eigenvalue weighted by Crippen LogP contribution is 2.36. The molecule has 6 nitrogen and oxygen atoms in total. The monoisotopic (exact) mass is 402 g/mol. The Hall–Kier alpha value is -4.06. The van der Waals surface area contributed by atoms with Crippen LogP contribution < -0.4 is 18.9 Å². The molecular weight excluding hydrogens is 384 g/mol. The maximum absolute atomic E-state index is 12.7. The van der Waals surface area contributed by atoms with Gasteiger partial charge in [-0.05, 0) is 48.5 Å². The Labute approximate surface area is 173 Å². The van der Waals surface area contributed by atoms with Gasteiger partial charge in [0.05, 0.1) is 25.3 Å². The predicted octanol–water partition coefficient (Wildman–Crippen LogP) is 4.54. The number of carbonyl (C=O) groups excluding carboxylic acids is 2. The first kappa shape index (κ1) is 19.3. The first-order valence-corrected chi connectivity index (χ1v) is 9.16. The van der Waals surface area contributed by atoms with E-state index in [1.807, 2.05) is 18.2 Å². The molecule has 0 unspecified atom stereocenters. The Morgan fingerprint density at radius 1 is 0.900 bits per heavy atom. The van der Waals surface area contributed by atoms with Gasteiger partial charge < -0.3 is 18.9 Å². The van der Waals surface area contributed by atoms with Gasteiger partial charge in [0.2, 0.25) is 5.78 Å². The second kappa shape index (κ2) is 8.13. The summed E-state index contributed by atoms with van der Waals surface area (Å²) >= 11 is 0. The molecule has 1 heterocycles. The number of ether oxygens (including phenoxy) is 4. The highest BCUT2D eigenvalue weighted by Gasteiger charge is 2.28. The molecule has 0 amide bonds. The minimum absolute atomic E-state index is 0.174. The zero-order chi connectivity index (χ0) is 21.1. The number of hydrogen-bond acceptors (Lipinski definition) is 6. The maximum atomic E-state index is 12.7. The van der Waals surface area contributed by atoms with Crippen LogP contribution in [0, 0.1) is 0 Å². The summed E-state index contributed by atoms with van der Waals surface area (Å²) in [5.41, 5.74) is 1.51. The third kappa shape index (κ3) is 3.75.